The maximum Gasteiger partial charge on any atom is 0.243 e. The lowest BCUT2D eigenvalue weighted by Crippen LogP contribution is -2.34. The molecule has 0 saturated carbocycles. The lowest BCUT2D eigenvalue weighted by Gasteiger charge is -2.39. The maximum absolute atomic E-state index is 13.1. The van der Waals surface area contributed by atoms with Crippen molar-refractivity contribution in [2.24, 2.45) is 10.8 Å². The zero-order valence-electron chi connectivity index (χ0n) is 14.6. The topological polar surface area (TPSA) is 46.6 Å². The van der Waals surface area contributed by atoms with E-state index in [2.05, 4.69) is 13.8 Å². The van der Waals surface area contributed by atoms with E-state index in [1.54, 1.807) is 16.4 Å². The molecule has 0 spiro atoms. The Balaban J connectivity index is 1.72. The summed E-state index contributed by atoms with van der Waals surface area (Å²) < 4.78 is 33.6. The normalized spacial score (nSPS) is 33.6. The van der Waals surface area contributed by atoms with Crippen LogP contribution in [0.15, 0.2) is 40.3 Å². The van der Waals surface area contributed by atoms with Crippen molar-refractivity contribution in [3.63, 3.8) is 0 Å². The van der Waals surface area contributed by atoms with Crippen LogP contribution < -0.4 is 0 Å². The van der Waals surface area contributed by atoms with Gasteiger partial charge in [0, 0.05) is 23.9 Å². The van der Waals surface area contributed by atoms with Gasteiger partial charge in [0.15, 0.2) is 0 Å². The third-order valence-corrected chi connectivity index (χ3v) is 8.04. The van der Waals surface area contributed by atoms with Crippen molar-refractivity contribution in [2.45, 2.75) is 38.5 Å². The highest BCUT2D eigenvalue weighted by Gasteiger charge is 2.52. The standard InChI is InChI=1S/C19H25NO3S/c1-14-4-6-15(7-5-14)24(21,22)20-10-16-17-11-23-13-19(17,3)9-8-18(16,2)12-20/h4-7H,8-13H2,1-3H3/t18-,19+/m0/s1. The Morgan fingerprint density at radius 2 is 1.71 bits per heavy atom. The van der Waals surface area contributed by atoms with Gasteiger partial charge in [-0.2, -0.15) is 4.31 Å². The molecule has 4 rings (SSSR count). The number of hydrogen-bond donors (Lipinski definition) is 0. The molecule has 0 bridgehead atoms. The van der Waals surface area contributed by atoms with Crippen LogP contribution in [-0.4, -0.2) is 39.0 Å². The van der Waals surface area contributed by atoms with E-state index in [0.717, 1.165) is 25.0 Å². The van der Waals surface area contributed by atoms with Gasteiger partial charge in [-0.1, -0.05) is 31.5 Å². The van der Waals surface area contributed by atoms with Crippen LogP contribution in [0.1, 0.15) is 32.3 Å². The van der Waals surface area contributed by atoms with Gasteiger partial charge in [0.1, 0.15) is 0 Å². The van der Waals surface area contributed by atoms with E-state index in [4.69, 9.17) is 4.74 Å². The quantitative estimate of drug-likeness (QED) is 0.772. The largest absolute Gasteiger partial charge is 0.376 e. The van der Waals surface area contributed by atoms with Crippen molar-refractivity contribution in [2.75, 3.05) is 26.3 Å². The average Bonchev–Trinajstić information content (AvgIpc) is 3.08. The average molecular weight is 347 g/mol. The van der Waals surface area contributed by atoms with E-state index in [-0.39, 0.29) is 10.8 Å². The third kappa shape index (κ3) is 2.29. The predicted molar refractivity (Wildman–Crippen MR) is 93.2 cm³/mol. The van der Waals surface area contributed by atoms with Crippen molar-refractivity contribution >= 4 is 10.0 Å². The Morgan fingerprint density at radius 3 is 2.42 bits per heavy atom. The molecule has 24 heavy (non-hydrogen) atoms. The molecule has 1 aromatic carbocycles. The summed E-state index contributed by atoms with van der Waals surface area (Å²) in [5, 5.41) is 0. The first-order chi connectivity index (χ1) is 11.2. The highest BCUT2D eigenvalue weighted by atomic mass is 32.2. The van der Waals surface area contributed by atoms with Crippen molar-refractivity contribution < 1.29 is 13.2 Å². The summed E-state index contributed by atoms with van der Waals surface area (Å²) >= 11 is 0. The SMILES string of the molecule is Cc1ccc(S(=O)(=O)N2CC3=C4COC[C@@]4(C)CC[C@@]3(C)C2)cc1. The molecule has 0 aromatic heterocycles. The molecule has 1 aliphatic carbocycles. The van der Waals surface area contributed by atoms with Gasteiger partial charge in [-0.25, -0.2) is 8.42 Å². The minimum absolute atomic E-state index is 0.0414. The summed E-state index contributed by atoms with van der Waals surface area (Å²) in [5.41, 5.74) is 3.81. The number of ether oxygens (including phenoxy) is 1. The molecule has 3 aliphatic rings. The molecule has 0 N–H and O–H groups in total. The molecule has 2 heterocycles. The zero-order valence-corrected chi connectivity index (χ0v) is 15.4. The molecular formula is C19H25NO3S. The molecule has 2 saturated heterocycles. The lowest BCUT2D eigenvalue weighted by atomic mass is 9.64. The fraction of sp³-hybridized carbons (Fsp3) is 0.579. The Morgan fingerprint density at radius 1 is 1.04 bits per heavy atom. The summed E-state index contributed by atoms with van der Waals surface area (Å²) in [4.78, 5) is 0.395. The minimum Gasteiger partial charge on any atom is -0.376 e. The van der Waals surface area contributed by atoms with Crippen LogP contribution in [-0.2, 0) is 14.8 Å². The van der Waals surface area contributed by atoms with Crippen molar-refractivity contribution in [1.82, 2.24) is 4.31 Å². The monoisotopic (exact) mass is 347 g/mol. The number of aryl methyl sites for hydroxylation is 1. The van der Waals surface area contributed by atoms with Crippen LogP contribution in [0.3, 0.4) is 0 Å². The van der Waals surface area contributed by atoms with Crippen molar-refractivity contribution in [3.8, 4) is 0 Å². The molecule has 2 aliphatic heterocycles. The van der Waals surface area contributed by atoms with E-state index in [1.807, 2.05) is 19.1 Å². The Hall–Kier alpha value is -1.17. The number of rotatable bonds is 2. The second-order valence-corrected chi connectivity index (χ2v) is 10.1. The third-order valence-electron chi connectivity index (χ3n) is 6.24. The van der Waals surface area contributed by atoms with Gasteiger partial charge in [0.05, 0.1) is 18.1 Å². The molecule has 2 atom stereocenters. The van der Waals surface area contributed by atoms with Gasteiger partial charge in [-0.15, -0.1) is 0 Å². The number of fused-ring (bicyclic) bond motifs is 2. The fourth-order valence-corrected chi connectivity index (χ4v) is 6.02. The minimum atomic E-state index is -3.44. The Bertz CT molecular complexity index is 812. The maximum atomic E-state index is 13.1. The van der Waals surface area contributed by atoms with Crippen LogP contribution in [0.5, 0.6) is 0 Å². The number of hydrogen-bond acceptors (Lipinski definition) is 3. The van der Waals surface area contributed by atoms with Gasteiger partial charge < -0.3 is 4.74 Å². The molecule has 0 amide bonds. The van der Waals surface area contributed by atoms with Crippen LogP contribution in [0.25, 0.3) is 0 Å². The first-order valence-corrected chi connectivity index (χ1v) is 10.1. The molecule has 4 nitrogen and oxygen atoms in total. The Kier molecular flexibility index (Phi) is 3.51. The predicted octanol–water partition coefficient (Wildman–Crippen LogP) is 3.13. The smallest absolute Gasteiger partial charge is 0.243 e. The summed E-state index contributed by atoms with van der Waals surface area (Å²) in [5.74, 6) is 0. The molecular weight excluding hydrogens is 322 g/mol. The van der Waals surface area contributed by atoms with Gasteiger partial charge in [-0.3, -0.25) is 0 Å². The molecule has 2 fully saturated rings. The first-order valence-electron chi connectivity index (χ1n) is 8.62. The summed E-state index contributed by atoms with van der Waals surface area (Å²) in [6, 6.07) is 7.16. The number of nitrogens with zero attached hydrogens (tertiary/aromatic N) is 1. The molecule has 1 aromatic rings. The van der Waals surface area contributed by atoms with E-state index < -0.39 is 10.0 Å². The molecule has 0 unspecified atom stereocenters. The van der Waals surface area contributed by atoms with E-state index in [9.17, 15) is 8.42 Å². The van der Waals surface area contributed by atoms with Gasteiger partial charge in [-0.05, 0) is 43.0 Å². The van der Waals surface area contributed by atoms with Crippen LogP contribution in [0.4, 0.5) is 0 Å². The second kappa shape index (κ2) is 5.16. The summed E-state index contributed by atoms with van der Waals surface area (Å²) in [7, 11) is -3.44. The van der Waals surface area contributed by atoms with E-state index >= 15 is 0 Å². The highest BCUT2D eigenvalue weighted by molar-refractivity contribution is 7.89. The first kappa shape index (κ1) is 16.3. The van der Waals surface area contributed by atoms with Crippen LogP contribution in [0.2, 0.25) is 0 Å². The van der Waals surface area contributed by atoms with Gasteiger partial charge >= 0.3 is 0 Å². The molecule has 5 heteroatoms. The number of sulfonamides is 1. The van der Waals surface area contributed by atoms with E-state index in [0.29, 0.717) is 24.6 Å². The molecule has 130 valence electrons. The Labute approximate surface area is 144 Å². The molecule has 0 radical (unpaired) electrons. The van der Waals surface area contributed by atoms with E-state index in [1.165, 1.54) is 11.1 Å². The second-order valence-electron chi connectivity index (χ2n) is 8.16. The van der Waals surface area contributed by atoms with Crippen LogP contribution in [0, 0.1) is 17.8 Å². The fourth-order valence-electron chi connectivity index (χ4n) is 4.49. The summed E-state index contributed by atoms with van der Waals surface area (Å²) in [6.07, 6.45) is 2.12. The van der Waals surface area contributed by atoms with Crippen molar-refractivity contribution in [1.29, 1.82) is 0 Å². The number of benzene rings is 1. The van der Waals surface area contributed by atoms with Crippen LogP contribution >= 0.6 is 0 Å². The van der Waals surface area contributed by atoms with Gasteiger partial charge in [0.2, 0.25) is 10.0 Å². The van der Waals surface area contributed by atoms with Crippen molar-refractivity contribution in [3.05, 3.63) is 41.0 Å². The lowest BCUT2D eigenvalue weighted by molar-refractivity contribution is 0.145. The highest BCUT2D eigenvalue weighted by Crippen LogP contribution is 2.55. The summed E-state index contributed by atoms with van der Waals surface area (Å²) in [6.45, 7) is 8.98. The van der Waals surface area contributed by atoms with Gasteiger partial charge in [0.25, 0.3) is 0 Å². The zero-order chi connectivity index (χ0) is 17.2.